The predicted molar refractivity (Wildman–Crippen MR) is 77.1 cm³/mol. The maximum Gasteiger partial charge on any atom is 0.326 e. The van der Waals surface area contributed by atoms with Crippen LogP contribution in [0, 0.1) is 5.92 Å². The van der Waals surface area contributed by atoms with E-state index in [1.807, 2.05) is 44.2 Å². The van der Waals surface area contributed by atoms with E-state index in [0.29, 0.717) is 12.8 Å². The predicted octanol–water partition coefficient (Wildman–Crippen LogP) is 1.17. The third-order valence-corrected chi connectivity index (χ3v) is 3.20. The number of carbonyl (C=O) groups excluding carboxylic acids is 1. The third-order valence-electron chi connectivity index (χ3n) is 3.20. The molecular formula is C15H22N2O3. The second-order valence-corrected chi connectivity index (χ2v) is 5.19. The summed E-state index contributed by atoms with van der Waals surface area (Å²) >= 11 is 0. The largest absolute Gasteiger partial charge is 0.480 e. The van der Waals surface area contributed by atoms with E-state index >= 15 is 0 Å². The van der Waals surface area contributed by atoms with Crippen molar-refractivity contribution in [1.82, 2.24) is 5.32 Å². The summed E-state index contributed by atoms with van der Waals surface area (Å²) in [5.74, 6) is -1.48. The van der Waals surface area contributed by atoms with Crippen molar-refractivity contribution in [3.05, 3.63) is 35.9 Å². The minimum Gasteiger partial charge on any atom is -0.480 e. The Hall–Kier alpha value is -1.88. The van der Waals surface area contributed by atoms with Crippen molar-refractivity contribution in [3.8, 4) is 0 Å². The van der Waals surface area contributed by atoms with Gasteiger partial charge in [0.05, 0.1) is 6.04 Å². The molecule has 0 aliphatic rings. The number of benzene rings is 1. The van der Waals surface area contributed by atoms with Crippen LogP contribution in [0.15, 0.2) is 30.3 Å². The number of carboxylic acids is 1. The van der Waals surface area contributed by atoms with Crippen LogP contribution in [-0.2, 0) is 16.0 Å². The summed E-state index contributed by atoms with van der Waals surface area (Å²) in [5, 5.41) is 11.7. The van der Waals surface area contributed by atoms with Gasteiger partial charge in [-0.25, -0.2) is 4.79 Å². The monoisotopic (exact) mass is 278 g/mol. The molecule has 0 fully saturated rings. The number of carbonyl (C=O) groups is 2. The number of aryl methyl sites for hydroxylation is 1. The maximum absolute atomic E-state index is 11.8. The van der Waals surface area contributed by atoms with E-state index in [-0.39, 0.29) is 5.92 Å². The van der Waals surface area contributed by atoms with Gasteiger partial charge >= 0.3 is 5.97 Å². The molecule has 0 saturated carbocycles. The minimum atomic E-state index is -1.04. The Morgan fingerprint density at radius 1 is 1.25 bits per heavy atom. The Balaban J connectivity index is 2.57. The van der Waals surface area contributed by atoms with Crippen LogP contribution < -0.4 is 11.1 Å². The molecule has 20 heavy (non-hydrogen) atoms. The Labute approximate surface area is 119 Å². The van der Waals surface area contributed by atoms with Crippen LogP contribution in [0.1, 0.15) is 25.8 Å². The summed E-state index contributed by atoms with van der Waals surface area (Å²) in [6.45, 7) is 3.65. The van der Waals surface area contributed by atoms with Gasteiger partial charge in [0.15, 0.2) is 0 Å². The van der Waals surface area contributed by atoms with Gasteiger partial charge < -0.3 is 16.2 Å². The van der Waals surface area contributed by atoms with Crippen LogP contribution in [0.4, 0.5) is 0 Å². The highest BCUT2D eigenvalue weighted by molar-refractivity contribution is 5.86. The van der Waals surface area contributed by atoms with Gasteiger partial charge in [-0.15, -0.1) is 0 Å². The highest BCUT2D eigenvalue weighted by Gasteiger charge is 2.24. The summed E-state index contributed by atoms with van der Waals surface area (Å²) in [5.41, 5.74) is 6.75. The van der Waals surface area contributed by atoms with Crippen LogP contribution in [-0.4, -0.2) is 29.1 Å². The molecule has 0 aliphatic carbocycles. The lowest BCUT2D eigenvalue weighted by atomic mass is 10.0. The molecular weight excluding hydrogens is 256 g/mol. The Kier molecular flexibility index (Phi) is 6.18. The van der Waals surface area contributed by atoms with E-state index < -0.39 is 24.0 Å². The first-order valence-electron chi connectivity index (χ1n) is 6.74. The summed E-state index contributed by atoms with van der Waals surface area (Å²) in [7, 11) is 0. The van der Waals surface area contributed by atoms with E-state index in [2.05, 4.69) is 5.32 Å². The van der Waals surface area contributed by atoms with E-state index in [1.54, 1.807) is 0 Å². The van der Waals surface area contributed by atoms with Gasteiger partial charge in [0, 0.05) is 0 Å². The second-order valence-electron chi connectivity index (χ2n) is 5.19. The third kappa shape index (κ3) is 5.01. The fraction of sp³-hybridized carbons (Fsp3) is 0.467. The number of carboxylic acid groups (broad SMARTS) is 1. The average Bonchev–Trinajstić information content (AvgIpc) is 2.42. The topological polar surface area (TPSA) is 92.4 Å². The Morgan fingerprint density at radius 3 is 2.35 bits per heavy atom. The molecule has 0 saturated heterocycles. The lowest BCUT2D eigenvalue weighted by Crippen LogP contribution is -2.50. The second kappa shape index (κ2) is 7.65. The van der Waals surface area contributed by atoms with Gasteiger partial charge in [0.2, 0.25) is 5.91 Å². The first-order valence-corrected chi connectivity index (χ1v) is 6.74. The van der Waals surface area contributed by atoms with Crippen molar-refractivity contribution in [2.45, 2.75) is 38.8 Å². The number of nitrogens with one attached hydrogen (secondary N) is 1. The molecule has 0 aliphatic heterocycles. The summed E-state index contributed by atoms with van der Waals surface area (Å²) < 4.78 is 0. The van der Waals surface area contributed by atoms with Gasteiger partial charge in [-0.1, -0.05) is 44.2 Å². The number of hydrogen-bond donors (Lipinski definition) is 3. The van der Waals surface area contributed by atoms with Crippen LogP contribution >= 0.6 is 0 Å². The number of hydrogen-bond acceptors (Lipinski definition) is 3. The molecule has 0 heterocycles. The quantitative estimate of drug-likeness (QED) is 0.698. The van der Waals surface area contributed by atoms with Gasteiger partial charge in [-0.3, -0.25) is 4.79 Å². The highest BCUT2D eigenvalue weighted by Crippen LogP contribution is 2.06. The lowest BCUT2D eigenvalue weighted by molar-refractivity contribution is -0.142. The van der Waals surface area contributed by atoms with E-state index in [4.69, 9.17) is 10.8 Å². The smallest absolute Gasteiger partial charge is 0.326 e. The van der Waals surface area contributed by atoms with Crippen LogP contribution in [0.3, 0.4) is 0 Å². The van der Waals surface area contributed by atoms with Crippen molar-refractivity contribution in [3.63, 3.8) is 0 Å². The lowest BCUT2D eigenvalue weighted by Gasteiger charge is -2.19. The molecule has 1 aromatic rings. The molecule has 1 aromatic carbocycles. The van der Waals surface area contributed by atoms with Gasteiger partial charge in [-0.2, -0.15) is 0 Å². The maximum atomic E-state index is 11.8. The standard InChI is InChI=1S/C15H22N2O3/c1-10(2)13(16)14(18)17-12(15(19)20)9-8-11-6-4-3-5-7-11/h3-7,10,12-13H,8-9,16H2,1-2H3,(H,17,18)(H,19,20)/t12-,13?/m0/s1. The molecule has 0 spiro atoms. The molecule has 1 amide bonds. The first kappa shape index (κ1) is 16.2. The van der Waals surface area contributed by atoms with Crippen molar-refractivity contribution < 1.29 is 14.7 Å². The highest BCUT2D eigenvalue weighted by atomic mass is 16.4. The molecule has 2 atom stereocenters. The molecule has 0 aromatic heterocycles. The van der Waals surface area contributed by atoms with Crippen molar-refractivity contribution in [2.75, 3.05) is 0 Å². The number of aliphatic carboxylic acids is 1. The zero-order valence-electron chi connectivity index (χ0n) is 11.9. The molecule has 4 N–H and O–H groups in total. The van der Waals surface area contributed by atoms with Crippen LogP contribution in [0.5, 0.6) is 0 Å². The van der Waals surface area contributed by atoms with E-state index in [9.17, 15) is 9.59 Å². The Morgan fingerprint density at radius 2 is 1.85 bits per heavy atom. The van der Waals surface area contributed by atoms with Gasteiger partial charge in [-0.05, 0) is 24.3 Å². The zero-order chi connectivity index (χ0) is 15.1. The zero-order valence-corrected chi connectivity index (χ0v) is 11.9. The average molecular weight is 278 g/mol. The van der Waals surface area contributed by atoms with Crippen molar-refractivity contribution in [1.29, 1.82) is 0 Å². The van der Waals surface area contributed by atoms with Crippen molar-refractivity contribution in [2.24, 2.45) is 11.7 Å². The summed E-state index contributed by atoms with van der Waals surface area (Å²) in [4.78, 5) is 23.0. The van der Waals surface area contributed by atoms with Gasteiger partial charge in [0.25, 0.3) is 0 Å². The Bertz CT molecular complexity index is 446. The van der Waals surface area contributed by atoms with Gasteiger partial charge in [0.1, 0.15) is 6.04 Å². The van der Waals surface area contributed by atoms with Crippen molar-refractivity contribution >= 4 is 11.9 Å². The number of amides is 1. The fourth-order valence-corrected chi connectivity index (χ4v) is 1.78. The molecule has 5 heteroatoms. The number of nitrogens with two attached hydrogens (primary N) is 1. The van der Waals surface area contributed by atoms with E-state index in [1.165, 1.54) is 0 Å². The van der Waals surface area contributed by atoms with Crippen LogP contribution in [0.25, 0.3) is 0 Å². The number of rotatable bonds is 7. The molecule has 1 rings (SSSR count). The first-order chi connectivity index (χ1) is 9.41. The fourth-order valence-electron chi connectivity index (χ4n) is 1.78. The molecule has 0 radical (unpaired) electrons. The van der Waals surface area contributed by atoms with E-state index in [0.717, 1.165) is 5.56 Å². The summed E-state index contributed by atoms with van der Waals surface area (Å²) in [6, 6.07) is 7.97. The molecule has 5 nitrogen and oxygen atoms in total. The molecule has 1 unspecified atom stereocenters. The van der Waals surface area contributed by atoms with Crippen LogP contribution in [0.2, 0.25) is 0 Å². The molecule has 0 bridgehead atoms. The minimum absolute atomic E-state index is 0.0291. The summed E-state index contributed by atoms with van der Waals surface area (Å²) in [6.07, 6.45) is 0.935. The SMILES string of the molecule is CC(C)C(N)C(=O)N[C@@H](CCc1ccccc1)C(=O)O. The molecule has 110 valence electrons. The normalized spacial score (nSPS) is 13.8.